The SMILES string of the molecule is CCOCCCn1c(NC(=O)c2ccc(NC(=O)C3CC3C)cc2)nc2ccccc21. The summed E-state index contributed by atoms with van der Waals surface area (Å²) >= 11 is 0. The third-order valence-electron chi connectivity index (χ3n) is 5.62. The molecule has 1 aromatic heterocycles. The molecule has 31 heavy (non-hydrogen) atoms. The number of carbonyl (C=O) groups is 2. The molecule has 1 saturated carbocycles. The van der Waals surface area contributed by atoms with E-state index < -0.39 is 0 Å². The number of nitrogens with zero attached hydrogens (tertiary/aromatic N) is 2. The monoisotopic (exact) mass is 420 g/mol. The molecule has 2 unspecified atom stereocenters. The Morgan fingerprint density at radius 3 is 2.58 bits per heavy atom. The van der Waals surface area contributed by atoms with Crippen LogP contribution >= 0.6 is 0 Å². The largest absolute Gasteiger partial charge is 0.382 e. The van der Waals surface area contributed by atoms with Crippen LogP contribution in [0.2, 0.25) is 0 Å². The van der Waals surface area contributed by atoms with Crippen molar-refractivity contribution < 1.29 is 14.3 Å². The van der Waals surface area contributed by atoms with E-state index in [0.717, 1.165) is 23.9 Å². The first-order valence-electron chi connectivity index (χ1n) is 10.8. The summed E-state index contributed by atoms with van der Waals surface area (Å²) in [5.41, 5.74) is 3.01. The van der Waals surface area contributed by atoms with Gasteiger partial charge in [0, 0.05) is 36.9 Å². The molecule has 0 aliphatic heterocycles. The second-order valence-electron chi connectivity index (χ2n) is 7.97. The maximum atomic E-state index is 12.8. The summed E-state index contributed by atoms with van der Waals surface area (Å²) in [6, 6.07) is 14.8. The van der Waals surface area contributed by atoms with Gasteiger partial charge < -0.3 is 14.6 Å². The van der Waals surface area contributed by atoms with Gasteiger partial charge >= 0.3 is 0 Å². The summed E-state index contributed by atoms with van der Waals surface area (Å²) in [4.78, 5) is 29.5. The van der Waals surface area contributed by atoms with Crippen molar-refractivity contribution in [3.63, 3.8) is 0 Å². The van der Waals surface area contributed by atoms with Crippen LogP contribution in [0.4, 0.5) is 11.6 Å². The number of ether oxygens (including phenoxy) is 1. The Labute approximate surface area is 181 Å². The Bertz CT molecular complexity index is 1070. The highest BCUT2D eigenvalue weighted by Gasteiger charge is 2.39. The van der Waals surface area contributed by atoms with Gasteiger partial charge in [0.15, 0.2) is 0 Å². The summed E-state index contributed by atoms with van der Waals surface area (Å²) in [5, 5.41) is 5.85. The molecule has 162 valence electrons. The number of hydrogen-bond acceptors (Lipinski definition) is 4. The standard InChI is InChI=1S/C24H28N4O3/c1-3-31-14-6-13-28-21-8-5-4-7-20(21)26-24(28)27-22(29)17-9-11-18(12-10-17)25-23(30)19-15-16(19)2/h4-5,7-12,16,19H,3,6,13-15H2,1-2H3,(H,25,30)(H,26,27,29). The molecule has 1 fully saturated rings. The van der Waals surface area contributed by atoms with Gasteiger partial charge in [0.05, 0.1) is 11.0 Å². The van der Waals surface area contributed by atoms with E-state index in [4.69, 9.17) is 4.74 Å². The van der Waals surface area contributed by atoms with Gasteiger partial charge in [-0.3, -0.25) is 14.9 Å². The highest BCUT2D eigenvalue weighted by Crippen LogP contribution is 2.38. The third kappa shape index (κ3) is 4.94. The number of benzene rings is 2. The first-order valence-corrected chi connectivity index (χ1v) is 10.8. The Balaban J connectivity index is 1.45. The number of hydrogen-bond donors (Lipinski definition) is 2. The number of aromatic nitrogens is 2. The molecule has 1 aliphatic carbocycles. The highest BCUT2D eigenvalue weighted by molar-refractivity contribution is 6.04. The van der Waals surface area contributed by atoms with Gasteiger partial charge in [0.1, 0.15) is 0 Å². The van der Waals surface area contributed by atoms with Gasteiger partial charge in [-0.1, -0.05) is 19.1 Å². The summed E-state index contributed by atoms with van der Waals surface area (Å²) in [6.07, 6.45) is 1.77. The van der Waals surface area contributed by atoms with Gasteiger partial charge in [-0.25, -0.2) is 4.98 Å². The van der Waals surface area contributed by atoms with E-state index in [9.17, 15) is 9.59 Å². The van der Waals surface area contributed by atoms with Crippen LogP contribution in [0.15, 0.2) is 48.5 Å². The van der Waals surface area contributed by atoms with Crippen LogP contribution in [-0.4, -0.2) is 34.6 Å². The van der Waals surface area contributed by atoms with E-state index >= 15 is 0 Å². The molecule has 2 atom stereocenters. The minimum Gasteiger partial charge on any atom is -0.382 e. The molecular formula is C24H28N4O3. The predicted molar refractivity (Wildman–Crippen MR) is 121 cm³/mol. The summed E-state index contributed by atoms with van der Waals surface area (Å²) in [7, 11) is 0. The third-order valence-corrected chi connectivity index (χ3v) is 5.62. The van der Waals surface area contributed by atoms with Gasteiger partial charge in [-0.05, 0) is 62.1 Å². The Kier molecular flexibility index (Phi) is 6.32. The molecule has 1 heterocycles. The number of para-hydroxylation sites is 2. The van der Waals surface area contributed by atoms with E-state index in [-0.39, 0.29) is 17.7 Å². The normalized spacial score (nSPS) is 17.5. The van der Waals surface area contributed by atoms with Crippen LogP contribution in [0.1, 0.15) is 37.0 Å². The zero-order chi connectivity index (χ0) is 21.8. The van der Waals surface area contributed by atoms with E-state index in [1.165, 1.54) is 0 Å². The van der Waals surface area contributed by atoms with Crippen LogP contribution in [0, 0.1) is 11.8 Å². The lowest BCUT2D eigenvalue weighted by molar-refractivity contribution is -0.117. The maximum absolute atomic E-state index is 12.8. The van der Waals surface area contributed by atoms with Crippen molar-refractivity contribution in [1.82, 2.24) is 9.55 Å². The van der Waals surface area contributed by atoms with Crippen LogP contribution in [0.25, 0.3) is 11.0 Å². The van der Waals surface area contributed by atoms with Gasteiger partial charge in [0.2, 0.25) is 11.9 Å². The number of amides is 2. The molecular weight excluding hydrogens is 392 g/mol. The smallest absolute Gasteiger partial charge is 0.257 e. The average Bonchev–Trinajstić information content (AvgIpc) is 3.41. The summed E-state index contributed by atoms with van der Waals surface area (Å²) < 4.78 is 7.46. The molecule has 0 saturated heterocycles. The molecule has 2 N–H and O–H groups in total. The topological polar surface area (TPSA) is 85.2 Å². The quantitative estimate of drug-likeness (QED) is 0.505. The van der Waals surface area contributed by atoms with Gasteiger partial charge in [-0.15, -0.1) is 0 Å². The molecule has 2 aromatic carbocycles. The Hall–Kier alpha value is -3.19. The number of nitrogens with one attached hydrogen (secondary N) is 2. The fraction of sp³-hybridized carbons (Fsp3) is 0.375. The zero-order valence-corrected chi connectivity index (χ0v) is 17.9. The second-order valence-corrected chi connectivity index (χ2v) is 7.97. The first-order chi connectivity index (χ1) is 15.1. The van der Waals surface area contributed by atoms with Gasteiger partial charge in [0.25, 0.3) is 5.91 Å². The zero-order valence-electron chi connectivity index (χ0n) is 17.9. The number of aryl methyl sites for hydroxylation is 1. The summed E-state index contributed by atoms with van der Waals surface area (Å²) in [5.74, 6) is 0.889. The van der Waals surface area contributed by atoms with Crippen LogP contribution in [-0.2, 0) is 16.1 Å². The Morgan fingerprint density at radius 1 is 1.13 bits per heavy atom. The average molecular weight is 421 g/mol. The van der Waals surface area contributed by atoms with Crippen LogP contribution in [0.5, 0.6) is 0 Å². The van der Waals surface area contributed by atoms with Crippen LogP contribution in [0.3, 0.4) is 0 Å². The molecule has 4 rings (SSSR count). The molecule has 7 heteroatoms. The van der Waals surface area contributed by atoms with Crippen molar-refractivity contribution in [3.05, 3.63) is 54.1 Å². The van der Waals surface area contributed by atoms with E-state index in [1.807, 2.05) is 35.8 Å². The molecule has 1 aliphatic rings. The first kappa shape index (κ1) is 21.1. The van der Waals surface area contributed by atoms with E-state index in [0.29, 0.717) is 42.9 Å². The van der Waals surface area contributed by atoms with Crippen molar-refractivity contribution >= 4 is 34.5 Å². The van der Waals surface area contributed by atoms with E-state index in [2.05, 4.69) is 22.5 Å². The lowest BCUT2D eigenvalue weighted by Crippen LogP contribution is -2.17. The van der Waals surface area contributed by atoms with Crippen LogP contribution < -0.4 is 10.6 Å². The van der Waals surface area contributed by atoms with Crippen molar-refractivity contribution in [2.75, 3.05) is 23.8 Å². The fourth-order valence-electron chi connectivity index (χ4n) is 3.67. The highest BCUT2D eigenvalue weighted by atomic mass is 16.5. The lowest BCUT2D eigenvalue weighted by atomic mass is 10.2. The van der Waals surface area contributed by atoms with E-state index in [1.54, 1.807) is 24.3 Å². The number of carbonyl (C=O) groups excluding carboxylic acids is 2. The molecule has 2 amide bonds. The van der Waals surface area contributed by atoms with Crippen molar-refractivity contribution in [3.8, 4) is 0 Å². The van der Waals surface area contributed by atoms with Gasteiger partial charge in [-0.2, -0.15) is 0 Å². The molecule has 0 spiro atoms. The lowest BCUT2D eigenvalue weighted by Gasteiger charge is -2.11. The fourth-order valence-corrected chi connectivity index (χ4v) is 3.67. The predicted octanol–water partition coefficient (Wildman–Crippen LogP) is 4.31. The second kappa shape index (κ2) is 9.31. The maximum Gasteiger partial charge on any atom is 0.257 e. The molecule has 7 nitrogen and oxygen atoms in total. The molecule has 0 bridgehead atoms. The number of anilines is 2. The number of imidazole rings is 1. The van der Waals surface area contributed by atoms with Crippen molar-refractivity contribution in [2.24, 2.45) is 11.8 Å². The minimum absolute atomic E-state index is 0.0467. The van der Waals surface area contributed by atoms with Crippen molar-refractivity contribution in [1.29, 1.82) is 0 Å². The molecule has 3 aromatic rings. The number of fused-ring (bicyclic) bond motifs is 1. The Morgan fingerprint density at radius 2 is 1.87 bits per heavy atom. The van der Waals surface area contributed by atoms with Crippen molar-refractivity contribution in [2.45, 2.75) is 33.2 Å². The summed E-state index contributed by atoms with van der Waals surface area (Å²) in [6.45, 7) is 6.08. The number of rotatable bonds is 9. The molecule has 0 radical (unpaired) electrons. The minimum atomic E-state index is -0.241.